The fraction of sp³-hybridized carbons (Fsp3) is 0.0370. The van der Waals surface area contributed by atoms with Crippen LogP contribution in [0.25, 0.3) is 21.5 Å². The van der Waals surface area contributed by atoms with E-state index < -0.39 is 18.0 Å². The Morgan fingerprint density at radius 3 is 1.56 bits per heavy atom. The van der Waals surface area contributed by atoms with E-state index in [0.717, 1.165) is 37.5 Å². The van der Waals surface area contributed by atoms with Crippen LogP contribution in [0.15, 0.2) is 114 Å². The van der Waals surface area contributed by atoms with Crippen LogP contribution in [0.5, 0.6) is 0 Å². The first-order valence-corrected chi connectivity index (χ1v) is 13.0. The zero-order valence-corrected chi connectivity index (χ0v) is 19.2. The zero-order valence-electron chi connectivity index (χ0n) is 17.5. The SMILES string of the molecule is COS(=O)(=O)c1ccccc1P(c1cccc2ccccc12)c1cccc2ccccc12. The van der Waals surface area contributed by atoms with Crippen LogP contribution < -0.4 is 15.9 Å². The second kappa shape index (κ2) is 8.48. The molecule has 0 aromatic heterocycles. The molecule has 0 aliphatic rings. The van der Waals surface area contributed by atoms with Crippen LogP contribution in [-0.2, 0) is 14.3 Å². The third-order valence-electron chi connectivity index (χ3n) is 5.61. The third kappa shape index (κ3) is 3.61. The Kier molecular flexibility index (Phi) is 5.52. The molecule has 5 heteroatoms. The number of hydrogen-bond donors (Lipinski definition) is 0. The average molecular weight is 457 g/mol. The average Bonchev–Trinajstić information content (AvgIpc) is 2.85. The van der Waals surface area contributed by atoms with Gasteiger partial charge in [-0.05, 0) is 46.1 Å². The summed E-state index contributed by atoms with van der Waals surface area (Å²) in [5, 5.41) is 7.51. The van der Waals surface area contributed by atoms with Gasteiger partial charge >= 0.3 is 0 Å². The lowest BCUT2D eigenvalue weighted by Crippen LogP contribution is -2.26. The van der Waals surface area contributed by atoms with Gasteiger partial charge < -0.3 is 0 Å². The highest BCUT2D eigenvalue weighted by molar-refractivity contribution is 7.89. The van der Waals surface area contributed by atoms with Crippen LogP contribution in [-0.4, -0.2) is 15.5 Å². The van der Waals surface area contributed by atoms with Crippen LogP contribution >= 0.6 is 7.92 Å². The molecule has 0 N–H and O–H groups in total. The topological polar surface area (TPSA) is 43.4 Å². The summed E-state index contributed by atoms with van der Waals surface area (Å²) in [6.07, 6.45) is 0. The molecule has 0 atom stereocenters. The number of hydrogen-bond acceptors (Lipinski definition) is 3. The number of fused-ring (bicyclic) bond motifs is 2. The molecule has 0 aliphatic carbocycles. The Morgan fingerprint density at radius 1 is 0.562 bits per heavy atom. The summed E-state index contributed by atoms with van der Waals surface area (Å²) in [4.78, 5) is 0.217. The van der Waals surface area contributed by atoms with Gasteiger partial charge in [-0.2, -0.15) is 8.42 Å². The smallest absolute Gasteiger partial charge is 0.270 e. The monoisotopic (exact) mass is 456 g/mol. The van der Waals surface area contributed by atoms with Gasteiger partial charge in [-0.15, -0.1) is 0 Å². The van der Waals surface area contributed by atoms with Gasteiger partial charge in [-0.25, -0.2) is 0 Å². The minimum absolute atomic E-state index is 0.217. The van der Waals surface area contributed by atoms with Gasteiger partial charge in [0.05, 0.1) is 7.11 Å². The molecule has 5 aromatic carbocycles. The maximum Gasteiger partial charge on any atom is 0.297 e. The quantitative estimate of drug-likeness (QED) is 0.273. The standard InChI is InChI=1S/C27H21O3PS/c1-30-32(28,29)27-19-7-6-16-26(27)31(24-17-8-12-20-10-2-4-14-22(20)24)25-18-9-13-21-11-3-5-15-23(21)25/h2-19H,1H3. The van der Waals surface area contributed by atoms with Gasteiger partial charge in [0.15, 0.2) is 0 Å². The van der Waals surface area contributed by atoms with Gasteiger partial charge in [0.25, 0.3) is 10.1 Å². The summed E-state index contributed by atoms with van der Waals surface area (Å²) in [7, 11) is -3.86. The number of rotatable bonds is 5. The van der Waals surface area contributed by atoms with Crippen molar-refractivity contribution in [3.63, 3.8) is 0 Å². The largest absolute Gasteiger partial charge is 0.297 e. The van der Waals surface area contributed by atoms with Crippen molar-refractivity contribution >= 4 is 55.5 Å². The Hall–Kier alpha value is -3.04. The predicted molar refractivity (Wildman–Crippen MR) is 134 cm³/mol. The van der Waals surface area contributed by atoms with Crippen molar-refractivity contribution in [1.82, 2.24) is 0 Å². The van der Waals surface area contributed by atoms with E-state index in [1.807, 2.05) is 48.5 Å². The molecule has 0 saturated heterocycles. The first-order valence-electron chi connectivity index (χ1n) is 10.3. The lowest BCUT2D eigenvalue weighted by Gasteiger charge is -2.24. The summed E-state index contributed by atoms with van der Waals surface area (Å²) < 4.78 is 30.8. The Balaban J connectivity index is 1.91. The molecule has 0 spiro atoms. The maximum atomic E-state index is 12.9. The maximum absolute atomic E-state index is 12.9. The molecule has 3 nitrogen and oxygen atoms in total. The molecule has 158 valence electrons. The van der Waals surface area contributed by atoms with Crippen LogP contribution in [0.3, 0.4) is 0 Å². The van der Waals surface area contributed by atoms with Crippen LogP contribution in [0.4, 0.5) is 0 Å². The summed E-state index contributed by atoms with van der Waals surface area (Å²) >= 11 is 0. The predicted octanol–water partition coefficient (Wildman–Crippen LogP) is 5.09. The molecule has 0 heterocycles. The fourth-order valence-corrected chi connectivity index (χ4v) is 8.17. The molecular formula is C27H21O3PS. The van der Waals surface area contributed by atoms with E-state index in [2.05, 4.69) is 48.5 Å². The molecule has 0 radical (unpaired) electrons. The summed E-state index contributed by atoms with van der Waals surface area (Å²) in [6, 6.07) is 36.2. The van der Waals surface area contributed by atoms with Crippen molar-refractivity contribution in [1.29, 1.82) is 0 Å². The molecule has 0 saturated carbocycles. The minimum Gasteiger partial charge on any atom is -0.270 e. The molecule has 32 heavy (non-hydrogen) atoms. The lowest BCUT2D eigenvalue weighted by molar-refractivity contribution is 0.398. The molecular weight excluding hydrogens is 435 g/mol. The van der Waals surface area contributed by atoms with Gasteiger partial charge in [0.2, 0.25) is 0 Å². The van der Waals surface area contributed by atoms with E-state index in [0.29, 0.717) is 0 Å². The van der Waals surface area contributed by atoms with Crippen molar-refractivity contribution in [3.05, 3.63) is 109 Å². The molecule has 5 rings (SSSR count). The van der Waals surface area contributed by atoms with E-state index in [-0.39, 0.29) is 4.90 Å². The first kappa shape index (κ1) is 20.8. The summed E-state index contributed by atoms with van der Waals surface area (Å²) in [5.41, 5.74) is 0. The Labute approximate surface area is 189 Å². The van der Waals surface area contributed by atoms with Crippen LogP contribution in [0, 0.1) is 0 Å². The Bertz CT molecular complexity index is 1450. The first-order chi connectivity index (χ1) is 15.6. The second-order valence-electron chi connectivity index (χ2n) is 7.42. The highest BCUT2D eigenvalue weighted by atomic mass is 32.2. The highest BCUT2D eigenvalue weighted by Gasteiger charge is 2.27. The third-order valence-corrected chi connectivity index (χ3v) is 9.71. The summed E-state index contributed by atoms with van der Waals surface area (Å²) in [6.45, 7) is 0. The Morgan fingerprint density at radius 2 is 1.00 bits per heavy atom. The molecule has 0 aliphatic heterocycles. The van der Waals surface area contributed by atoms with Crippen molar-refractivity contribution < 1.29 is 12.6 Å². The number of benzene rings is 5. The van der Waals surface area contributed by atoms with Crippen molar-refractivity contribution in [3.8, 4) is 0 Å². The van der Waals surface area contributed by atoms with Crippen LogP contribution in [0.2, 0.25) is 0 Å². The second-order valence-corrected chi connectivity index (χ2v) is 11.2. The van der Waals surface area contributed by atoms with Crippen molar-refractivity contribution in [2.75, 3.05) is 7.11 Å². The van der Waals surface area contributed by atoms with Gasteiger partial charge in [-0.1, -0.05) is 103 Å². The van der Waals surface area contributed by atoms with E-state index in [4.69, 9.17) is 4.18 Å². The summed E-state index contributed by atoms with van der Waals surface area (Å²) in [5.74, 6) is 0. The van der Waals surface area contributed by atoms with Gasteiger partial charge in [0.1, 0.15) is 4.90 Å². The molecule has 0 unspecified atom stereocenters. The molecule has 0 fully saturated rings. The zero-order chi connectivity index (χ0) is 22.1. The van der Waals surface area contributed by atoms with Crippen molar-refractivity contribution in [2.45, 2.75) is 4.90 Å². The van der Waals surface area contributed by atoms with Crippen molar-refractivity contribution in [2.24, 2.45) is 0 Å². The van der Waals surface area contributed by atoms with E-state index in [9.17, 15) is 8.42 Å². The van der Waals surface area contributed by atoms with Gasteiger partial charge in [0, 0.05) is 5.30 Å². The van der Waals surface area contributed by atoms with E-state index in [1.165, 1.54) is 7.11 Å². The van der Waals surface area contributed by atoms with Crippen LogP contribution in [0.1, 0.15) is 0 Å². The minimum atomic E-state index is -3.88. The molecule has 5 aromatic rings. The highest BCUT2D eigenvalue weighted by Crippen LogP contribution is 2.40. The normalized spacial score (nSPS) is 11.9. The molecule has 0 amide bonds. The van der Waals surface area contributed by atoms with E-state index >= 15 is 0 Å². The lowest BCUT2D eigenvalue weighted by atomic mass is 10.1. The molecule has 0 bridgehead atoms. The van der Waals surface area contributed by atoms with E-state index in [1.54, 1.807) is 12.1 Å². The van der Waals surface area contributed by atoms with Gasteiger partial charge in [-0.3, -0.25) is 4.18 Å². The fourth-order valence-electron chi connectivity index (χ4n) is 4.14.